The smallest absolute Gasteiger partial charge is 0.275 e. The first kappa shape index (κ1) is 13.3. The standard InChI is InChI=1S/C11H11F2N3O3/c12-8-2-7(16(18)19)3-9(13)11(8)15-5-6(4-14)1-10(15)17/h2-3,6H,1,4-5,14H2. The molecule has 0 saturated carbocycles. The monoisotopic (exact) mass is 271 g/mol. The van der Waals surface area contributed by atoms with Crippen molar-refractivity contribution in [2.24, 2.45) is 11.7 Å². The number of anilines is 1. The maximum absolute atomic E-state index is 13.8. The minimum absolute atomic E-state index is 0.112. The zero-order valence-corrected chi connectivity index (χ0v) is 9.81. The van der Waals surface area contributed by atoms with Gasteiger partial charge < -0.3 is 10.6 Å². The van der Waals surface area contributed by atoms with Gasteiger partial charge in [-0.2, -0.15) is 0 Å². The van der Waals surface area contributed by atoms with E-state index in [1.807, 2.05) is 0 Å². The van der Waals surface area contributed by atoms with Gasteiger partial charge in [-0.3, -0.25) is 14.9 Å². The van der Waals surface area contributed by atoms with Gasteiger partial charge in [-0.15, -0.1) is 0 Å². The number of hydrogen-bond donors (Lipinski definition) is 1. The first-order chi connectivity index (χ1) is 8.93. The van der Waals surface area contributed by atoms with Gasteiger partial charge in [0.25, 0.3) is 5.69 Å². The molecule has 19 heavy (non-hydrogen) atoms. The number of halogens is 2. The van der Waals surface area contributed by atoms with Crippen molar-refractivity contribution in [3.63, 3.8) is 0 Å². The lowest BCUT2D eigenvalue weighted by molar-refractivity contribution is -0.385. The number of amides is 1. The van der Waals surface area contributed by atoms with Crippen LogP contribution in [0.15, 0.2) is 12.1 Å². The number of non-ortho nitro benzene ring substituents is 1. The van der Waals surface area contributed by atoms with Crippen molar-refractivity contribution in [3.8, 4) is 0 Å². The van der Waals surface area contributed by atoms with E-state index in [4.69, 9.17) is 5.73 Å². The summed E-state index contributed by atoms with van der Waals surface area (Å²) in [5.41, 5.74) is 4.18. The highest BCUT2D eigenvalue weighted by Crippen LogP contribution is 2.32. The zero-order valence-electron chi connectivity index (χ0n) is 9.81. The summed E-state index contributed by atoms with van der Waals surface area (Å²) in [4.78, 5) is 22.2. The van der Waals surface area contributed by atoms with Crippen LogP contribution in [0.25, 0.3) is 0 Å². The van der Waals surface area contributed by atoms with E-state index in [1.165, 1.54) is 0 Å². The molecule has 1 aliphatic rings. The summed E-state index contributed by atoms with van der Waals surface area (Å²) in [7, 11) is 0. The maximum Gasteiger partial charge on any atom is 0.275 e. The van der Waals surface area contributed by atoms with E-state index < -0.39 is 33.8 Å². The minimum atomic E-state index is -1.13. The van der Waals surface area contributed by atoms with Crippen LogP contribution in [-0.2, 0) is 4.79 Å². The number of benzene rings is 1. The molecule has 102 valence electrons. The Balaban J connectivity index is 2.41. The van der Waals surface area contributed by atoms with Crippen LogP contribution < -0.4 is 10.6 Å². The van der Waals surface area contributed by atoms with Crippen LogP contribution >= 0.6 is 0 Å². The van der Waals surface area contributed by atoms with Crippen LogP contribution in [0, 0.1) is 27.7 Å². The van der Waals surface area contributed by atoms with Gasteiger partial charge in [0.2, 0.25) is 5.91 Å². The van der Waals surface area contributed by atoms with Gasteiger partial charge in [0, 0.05) is 13.0 Å². The zero-order chi connectivity index (χ0) is 14.2. The van der Waals surface area contributed by atoms with E-state index in [1.54, 1.807) is 0 Å². The van der Waals surface area contributed by atoms with Gasteiger partial charge in [-0.05, 0) is 12.5 Å². The third-order valence-electron chi connectivity index (χ3n) is 3.02. The van der Waals surface area contributed by atoms with E-state index in [9.17, 15) is 23.7 Å². The Labute approximate surface area is 106 Å². The van der Waals surface area contributed by atoms with Crippen LogP contribution in [0.2, 0.25) is 0 Å². The molecular weight excluding hydrogens is 260 g/mol. The molecule has 0 radical (unpaired) electrons. The molecule has 0 aliphatic carbocycles. The third kappa shape index (κ3) is 2.39. The molecule has 1 aromatic rings. The molecule has 2 rings (SSSR count). The average Bonchev–Trinajstić information content (AvgIpc) is 2.70. The normalized spacial score (nSPS) is 19.0. The summed E-state index contributed by atoms with van der Waals surface area (Å²) in [5.74, 6) is -2.86. The van der Waals surface area contributed by atoms with Gasteiger partial charge in [-0.1, -0.05) is 0 Å². The molecular formula is C11H11F2N3O3. The van der Waals surface area contributed by atoms with Crippen molar-refractivity contribution in [3.05, 3.63) is 33.9 Å². The fourth-order valence-electron chi connectivity index (χ4n) is 2.07. The Kier molecular flexibility index (Phi) is 3.43. The second-order valence-electron chi connectivity index (χ2n) is 4.33. The van der Waals surface area contributed by atoms with Gasteiger partial charge in [-0.25, -0.2) is 8.78 Å². The predicted molar refractivity (Wildman–Crippen MR) is 62.5 cm³/mol. The lowest BCUT2D eigenvalue weighted by atomic mass is 10.1. The van der Waals surface area contributed by atoms with Crippen molar-refractivity contribution >= 4 is 17.3 Å². The maximum atomic E-state index is 13.8. The van der Waals surface area contributed by atoms with Crippen molar-refractivity contribution in [2.45, 2.75) is 6.42 Å². The molecule has 1 amide bonds. The topological polar surface area (TPSA) is 89.5 Å². The lowest BCUT2D eigenvalue weighted by Gasteiger charge is -2.17. The minimum Gasteiger partial charge on any atom is -0.330 e. The summed E-state index contributed by atoms with van der Waals surface area (Å²) in [5, 5.41) is 10.5. The van der Waals surface area contributed by atoms with E-state index in [2.05, 4.69) is 0 Å². The summed E-state index contributed by atoms with van der Waals surface area (Å²) in [6, 6.07) is 1.20. The molecule has 1 unspecified atom stereocenters. The number of rotatable bonds is 3. The highest BCUT2D eigenvalue weighted by atomic mass is 19.1. The molecule has 8 heteroatoms. The quantitative estimate of drug-likeness (QED) is 0.660. The van der Waals surface area contributed by atoms with E-state index in [0.29, 0.717) is 12.1 Å². The number of nitrogens with two attached hydrogens (primary N) is 1. The fraction of sp³-hybridized carbons (Fsp3) is 0.364. The Bertz CT molecular complexity index is 527. The number of nitro benzene ring substituents is 1. The van der Waals surface area contributed by atoms with Crippen molar-refractivity contribution in [1.29, 1.82) is 0 Å². The van der Waals surface area contributed by atoms with E-state index in [0.717, 1.165) is 4.90 Å². The highest BCUT2D eigenvalue weighted by Gasteiger charge is 2.34. The molecule has 1 heterocycles. The first-order valence-electron chi connectivity index (χ1n) is 5.58. The third-order valence-corrected chi connectivity index (χ3v) is 3.02. The summed E-state index contributed by atoms with van der Waals surface area (Å²) >= 11 is 0. The molecule has 1 aliphatic heterocycles. The van der Waals surface area contributed by atoms with E-state index in [-0.39, 0.29) is 25.4 Å². The summed E-state index contributed by atoms with van der Waals surface area (Å²) in [6.45, 7) is 0.347. The van der Waals surface area contributed by atoms with Gasteiger partial charge in [0.15, 0.2) is 11.6 Å². The fourth-order valence-corrected chi connectivity index (χ4v) is 2.07. The Hall–Kier alpha value is -2.09. The van der Waals surface area contributed by atoms with Crippen molar-refractivity contribution in [1.82, 2.24) is 0 Å². The SMILES string of the molecule is NCC1CC(=O)N(c2c(F)cc([N+](=O)[O-])cc2F)C1. The summed E-state index contributed by atoms with van der Waals surface area (Å²) in [6.07, 6.45) is 0.117. The molecule has 2 N–H and O–H groups in total. The second-order valence-corrected chi connectivity index (χ2v) is 4.33. The number of nitrogens with zero attached hydrogens (tertiary/aromatic N) is 2. The number of carbonyl (C=O) groups is 1. The molecule has 1 aromatic carbocycles. The van der Waals surface area contributed by atoms with Crippen LogP contribution in [0.1, 0.15) is 6.42 Å². The van der Waals surface area contributed by atoms with Crippen LogP contribution in [-0.4, -0.2) is 23.9 Å². The van der Waals surface area contributed by atoms with Gasteiger partial charge >= 0.3 is 0 Å². The molecule has 6 nitrogen and oxygen atoms in total. The van der Waals surface area contributed by atoms with Crippen LogP contribution in [0.5, 0.6) is 0 Å². The van der Waals surface area contributed by atoms with Crippen LogP contribution in [0.3, 0.4) is 0 Å². The Morgan fingerprint density at radius 1 is 1.42 bits per heavy atom. The molecule has 0 bridgehead atoms. The molecule has 0 spiro atoms. The Morgan fingerprint density at radius 3 is 2.42 bits per heavy atom. The van der Waals surface area contributed by atoms with Gasteiger partial charge in [0.1, 0.15) is 5.69 Å². The number of carbonyl (C=O) groups excluding carboxylic acids is 1. The predicted octanol–water partition coefficient (Wildman–Crippen LogP) is 1.18. The molecule has 1 atom stereocenters. The molecule has 1 fully saturated rings. The number of hydrogen-bond acceptors (Lipinski definition) is 4. The largest absolute Gasteiger partial charge is 0.330 e. The number of nitro groups is 1. The lowest BCUT2D eigenvalue weighted by Crippen LogP contribution is -2.27. The highest BCUT2D eigenvalue weighted by molar-refractivity contribution is 5.96. The van der Waals surface area contributed by atoms with Gasteiger partial charge in [0.05, 0.1) is 17.1 Å². The Morgan fingerprint density at radius 2 is 2.00 bits per heavy atom. The second kappa shape index (κ2) is 4.88. The first-order valence-corrected chi connectivity index (χ1v) is 5.58. The average molecular weight is 271 g/mol. The molecule has 1 saturated heterocycles. The van der Waals surface area contributed by atoms with Crippen molar-refractivity contribution < 1.29 is 18.5 Å². The summed E-state index contributed by atoms with van der Waals surface area (Å²) < 4.78 is 27.5. The van der Waals surface area contributed by atoms with Crippen molar-refractivity contribution in [2.75, 3.05) is 18.0 Å². The van der Waals surface area contributed by atoms with Crippen LogP contribution in [0.4, 0.5) is 20.2 Å². The van der Waals surface area contributed by atoms with E-state index >= 15 is 0 Å². The molecule has 0 aromatic heterocycles.